The van der Waals surface area contributed by atoms with E-state index in [-0.39, 0.29) is 23.5 Å². The van der Waals surface area contributed by atoms with E-state index in [1.54, 1.807) is 6.20 Å². The number of pyridine rings is 1. The molecule has 3 aromatic heterocycles. The van der Waals surface area contributed by atoms with Crippen molar-refractivity contribution >= 4 is 67.4 Å². The van der Waals surface area contributed by atoms with Crippen molar-refractivity contribution in [3.63, 3.8) is 0 Å². The fourth-order valence-electron chi connectivity index (χ4n) is 3.97. The number of fused-ring (bicyclic) bond motifs is 5. The second-order valence-corrected chi connectivity index (χ2v) is 8.69. The highest BCUT2D eigenvalue weighted by molar-refractivity contribution is 7.24. The molecule has 0 saturated carbocycles. The van der Waals surface area contributed by atoms with Crippen molar-refractivity contribution in [1.82, 2.24) is 19.3 Å². The molecule has 0 radical (unpaired) electrons. The van der Waals surface area contributed by atoms with Crippen LogP contribution in [-0.2, 0) is 4.79 Å². The van der Waals surface area contributed by atoms with Crippen LogP contribution in [0.15, 0.2) is 47.9 Å². The number of hydrogen-bond donors (Lipinski definition) is 1. The van der Waals surface area contributed by atoms with Gasteiger partial charge in [-0.05, 0) is 38.2 Å². The van der Waals surface area contributed by atoms with Crippen LogP contribution in [0.5, 0.6) is 0 Å². The van der Waals surface area contributed by atoms with Crippen LogP contribution in [-0.4, -0.2) is 58.4 Å². The van der Waals surface area contributed by atoms with E-state index in [4.69, 9.17) is 4.98 Å². The summed E-state index contributed by atoms with van der Waals surface area (Å²) in [5.74, 6) is 0.191. The molecule has 0 bridgehead atoms. The number of halogens is 1. The molecule has 1 aliphatic rings. The molecule has 4 aromatic rings. The third-order valence-electron chi connectivity index (χ3n) is 5.61. The highest BCUT2D eigenvalue weighted by Gasteiger charge is 2.21. The summed E-state index contributed by atoms with van der Waals surface area (Å²) in [6, 6.07) is 7.89. The van der Waals surface area contributed by atoms with E-state index >= 15 is 0 Å². The van der Waals surface area contributed by atoms with Gasteiger partial charge in [-0.3, -0.25) is 14.0 Å². The van der Waals surface area contributed by atoms with E-state index in [1.807, 2.05) is 28.7 Å². The number of thiazole rings is 1. The van der Waals surface area contributed by atoms with Crippen LogP contribution in [0.25, 0.3) is 26.1 Å². The minimum atomic E-state index is -0.429. The Labute approximate surface area is 194 Å². The molecular weight excluding hydrogens is 448 g/mol. The van der Waals surface area contributed by atoms with Gasteiger partial charge in [0.15, 0.2) is 5.65 Å². The molecule has 1 amide bonds. The number of benzene rings is 1. The van der Waals surface area contributed by atoms with Crippen LogP contribution in [0.1, 0.15) is 6.42 Å². The zero-order valence-corrected chi connectivity index (χ0v) is 19.2. The Morgan fingerprint density at radius 2 is 2.03 bits per heavy atom. The summed E-state index contributed by atoms with van der Waals surface area (Å²) in [7, 11) is 2.12. The molecule has 0 spiro atoms. The smallest absolute Gasteiger partial charge is 0.247 e. The first-order chi connectivity index (χ1) is 15.1. The highest BCUT2D eigenvalue weighted by Crippen LogP contribution is 2.33. The van der Waals surface area contributed by atoms with E-state index in [0.717, 1.165) is 48.9 Å². The summed E-state index contributed by atoms with van der Waals surface area (Å²) in [5, 5.41) is 3.07. The summed E-state index contributed by atoms with van der Waals surface area (Å²) in [6.45, 7) is 7.17. The number of nitrogens with one attached hydrogen (secondary N) is 1. The molecular formula is C22H23ClN6O2S. The third kappa shape index (κ3) is 3.72. The Morgan fingerprint density at radius 1 is 1.22 bits per heavy atom. The Balaban J connectivity index is 0.00000245. The van der Waals surface area contributed by atoms with Crippen molar-refractivity contribution in [3.05, 3.63) is 53.3 Å². The topological polar surface area (TPSA) is 82.8 Å². The Morgan fingerprint density at radius 3 is 2.84 bits per heavy atom. The number of rotatable bonds is 3. The zero-order valence-electron chi connectivity index (χ0n) is 17.6. The second kappa shape index (κ2) is 8.85. The number of carbonyl (C=O) groups excluding carboxylic acids is 1. The summed E-state index contributed by atoms with van der Waals surface area (Å²) < 4.78 is 2.95. The lowest BCUT2D eigenvalue weighted by Gasteiger charge is -2.20. The third-order valence-corrected chi connectivity index (χ3v) is 6.75. The average molecular weight is 471 g/mol. The SMILES string of the molecule is C=CC(=O)Nc1c(=O)c2cnc(N3CCCN(C)CC3)nc2n2c1sc1ccccc12.Cl. The summed E-state index contributed by atoms with van der Waals surface area (Å²) in [6.07, 6.45) is 3.77. The lowest BCUT2D eigenvalue weighted by molar-refractivity contribution is -0.111. The first kappa shape index (κ1) is 22.2. The first-order valence-corrected chi connectivity index (χ1v) is 11.0. The fourth-order valence-corrected chi connectivity index (χ4v) is 5.11. The quantitative estimate of drug-likeness (QED) is 0.463. The summed E-state index contributed by atoms with van der Waals surface area (Å²) in [4.78, 5) is 39.8. The molecule has 32 heavy (non-hydrogen) atoms. The van der Waals surface area contributed by atoms with Gasteiger partial charge < -0.3 is 15.1 Å². The first-order valence-electron chi connectivity index (χ1n) is 10.2. The Bertz CT molecular complexity index is 1400. The molecule has 4 heterocycles. The Kier molecular flexibility index (Phi) is 6.14. The van der Waals surface area contributed by atoms with Crippen molar-refractivity contribution in [3.8, 4) is 0 Å². The van der Waals surface area contributed by atoms with Crippen molar-refractivity contribution in [2.75, 3.05) is 43.4 Å². The van der Waals surface area contributed by atoms with Crippen LogP contribution >= 0.6 is 23.7 Å². The van der Waals surface area contributed by atoms with E-state index in [0.29, 0.717) is 21.8 Å². The van der Waals surface area contributed by atoms with Gasteiger partial charge in [0.05, 0.1) is 15.6 Å². The molecule has 10 heteroatoms. The van der Waals surface area contributed by atoms with Crippen LogP contribution in [0.2, 0.25) is 0 Å². The van der Waals surface area contributed by atoms with Gasteiger partial charge in [-0.25, -0.2) is 4.98 Å². The number of aromatic nitrogens is 3. The number of amides is 1. The number of para-hydroxylation sites is 1. The molecule has 1 aliphatic heterocycles. The molecule has 1 fully saturated rings. The monoisotopic (exact) mass is 470 g/mol. The molecule has 0 atom stereocenters. The minimum absolute atomic E-state index is 0. The van der Waals surface area contributed by atoms with Crippen LogP contribution < -0.4 is 15.6 Å². The predicted octanol–water partition coefficient (Wildman–Crippen LogP) is 3.15. The molecule has 0 aliphatic carbocycles. The molecule has 1 saturated heterocycles. The number of likely N-dealkylation sites (N-methyl/N-ethyl adjacent to an activating group) is 1. The second-order valence-electron chi connectivity index (χ2n) is 7.66. The standard InChI is InChI=1S/C22H22N6O2S.ClH/c1-3-17(29)24-18-19(30)14-13-23-22(27-10-6-9-26(2)11-12-27)25-20(14)28-15-7-4-5-8-16(15)31-21(18)28;/h3-5,7-8,13H,1,6,9-12H2,2H3,(H,24,29);1H. The van der Waals surface area contributed by atoms with Gasteiger partial charge in [0, 0.05) is 25.8 Å². The molecule has 166 valence electrons. The van der Waals surface area contributed by atoms with Gasteiger partial charge in [0.25, 0.3) is 0 Å². The normalized spacial score (nSPS) is 15.0. The van der Waals surface area contributed by atoms with Gasteiger partial charge in [-0.2, -0.15) is 4.98 Å². The van der Waals surface area contributed by atoms with Gasteiger partial charge in [-0.15, -0.1) is 23.7 Å². The molecule has 8 nitrogen and oxygen atoms in total. The van der Waals surface area contributed by atoms with Crippen LogP contribution in [0.4, 0.5) is 11.6 Å². The minimum Gasteiger partial charge on any atom is -0.339 e. The van der Waals surface area contributed by atoms with Crippen molar-refractivity contribution < 1.29 is 4.79 Å². The molecule has 5 rings (SSSR count). The van der Waals surface area contributed by atoms with E-state index < -0.39 is 5.91 Å². The lowest BCUT2D eigenvalue weighted by Crippen LogP contribution is -2.30. The lowest BCUT2D eigenvalue weighted by atomic mass is 10.2. The van der Waals surface area contributed by atoms with Gasteiger partial charge in [-0.1, -0.05) is 18.7 Å². The zero-order chi connectivity index (χ0) is 21.5. The average Bonchev–Trinajstić information content (AvgIpc) is 3.04. The van der Waals surface area contributed by atoms with Gasteiger partial charge in [0.2, 0.25) is 17.3 Å². The number of anilines is 2. The van der Waals surface area contributed by atoms with Crippen molar-refractivity contribution in [2.45, 2.75) is 6.42 Å². The molecule has 0 unspecified atom stereocenters. The molecule has 1 N–H and O–H groups in total. The maximum absolute atomic E-state index is 13.3. The van der Waals surface area contributed by atoms with Crippen LogP contribution in [0.3, 0.4) is 0 Å². The van der Waals surface area contributed by atoms with Crippen LogP contribution in [0, 0.1) is 0 Å². The maximum Gasteiger partial charge on any atom is 0.247 e. The van der Waals surface area contributed by atoms with Gasteiger partial charge >= 0.3 is 0 Å². The van der Waals surface area contributed by atoms with Crippen molar-refractivity contribution in [1.29, 1.82) is 0 Å². The van der Waals surface area contributed by atoms with E-state index in [9.17, 15) is 9.59 Å². The summed E-state index contributed by atoms with van der Waals surface area (Å²) in [5.41, 5.74) is 1.42. The number of carbonyl (C=O) groups is 1. The van der Waals surface area contributed by atoms with E-state index in [1.165, 1.54) is 11.3 Å². The van der Waals surface area contributed by atoms with Crippen molar-refractivity contribution in [2.24, 2.45) is 0 Å². The molecule has 1 aromatic carbocycles. The fraction of sp³-hybridized carbons (Fsp3) is 0.273. The number of nitrogens with zero attached hydrogens (tertiary/aromatic N) is 5. The number of hydrogen-bond acceptors (Lipinski definition) is 7. The van der Waals surface area contributed by atoms with Gasteiger partial charge in [0.1, 0.15) is 10.5 Å². The predicted molar refractivity (Wildman–Crippen MR) is 133 cm³/mol. The van der Waals surface area contributed by atoms with E-state index in [2.05, 4.69) is 33.7 Å². The summed E-state index contributed by atoms with van der Waals surface area (Å²) >= 11 is 1.45. The highest BCUT2D eigenvalue weighted by atomic mass is 35.5. The Hall–Kier alpha value is -3.01. The maximum atomic E-state index is 13.3. The largest absolute Gasteiger partial charge is 0.339 e.